The molecule has 0 aliphatic carbocycles. The quantitative estimate of drug-likeness (QED) is 0.701. The van der Waals surface area contributed by atoms with Crippen molar-refractivity contribution in [2.45, 2.75) is 26.3 Å². The molecule has 1 rings (SSSR count). The second-order valence-electron chi connectivity index (χ2n) is 3.71. The smallest absolute Gasteiger partial charge is 0.0483 e. The molecule has 76 valence electrons. The van der Waals surface area contributed by atoms with E-state index in [2.05, 4.69) is 36.5 Å². The van der Waals surface area contributed by atoms with Gasteiger partial charge < -0.3 is 10.7 Å². The van der Waals surface area contributed by atoms with Gasteiger partial charge in [0, 0.05) is 11.8 Å². The first kappa shape index (κ1) is 10.9. The first-order valence-electron chi connectivity index (χ1n) is 4.91. The summed E-state index contributed by atoms with van der Waals surface area (Å²) in [5, 5.41) is 10.7. The Morgan fingerprint density at radius 2 is 1.93 bits per heavy atom. The lowest BCUT2D eigenvalue weighted by atomic mass is 10.0. The molecule has 0 bridgehead atoms. The monoisotopic (exact) mass is 190 g/mol. The molecule has 0 heterocycles. The lowest BCUT2D eigenvalue weighted by Crippen LogP contribution is -2.33. The van der Waals surface area contributed by atoms with Crippen LogP contribution in [0.1, 0.15) is 18.1 Å². The zero-order valence-corrected chi connectivity index (χ0v) is 9.09. The van der Waals surface area contributed by atoms with Gasteiger partial charge in [-0.1, -0.05) is 29.8 Å². The van der Waals surface area contributed by atoms with E-state index in [0.29, 0.717) is 5.71 Å². The van der Waals surface area contributed by atoms with Crippen molar-refractivity contribution in [2.75, 3.05) is 7.05 Å². The maximum atomic E-state index is 7.58. The standard InChI is InChI=1S/C12H18N2/c1-9-4-6-11(7-5-9)8-12(14-3)10(2)13/h4-7,12-14H,8H2,1-3H3/t12-/m0/s1. The highest BCUT2D eigenvalue weighted by Gasteiger charge is 2.08. The lowest BCUT2D eigenvalue weighted by molar-refractivity contribution is 0.690. The molecule has 2 nitrogen and oxygen atoms in total. The van der Waals surface area contributed by atoms with Crippen LogP contribution in [0.15, 0.2) is 24.3 Å². The predicted molar refractivity (Wildman–Crippen MR) is 61.1 cm³/mol. The number of likely N-dealkylation sites (N-methyl/N-ethyl adjacent to an activating group) is 1. The summed E-state index contributed by atoms with van der Waals surface area (Å²) in [7, 11) is 1.90. The zero-order chi connectivity index (χ0) is 10.6. The average molecular weight is 190 g/mol. The van der Waals surface area contributed by atoms with Crippen LogP contribution in [0, 0.1) is 12.3 Å². The lowest BCUT2D eigenvalue weighted by Gasteiger charge is -2.14. The van der Waals surface area contributed by atoms with Crippen molar-refractivity contribution in [1.29, 1.82) is 5.41 Å². The molecule has 0 radical (unpaired) electrons. The number of nitrogens with one attached hydrogen (secondary N) is 2. The SMILES string of the molecule is CN[C@@H](Cc1ccc(C)cc1)C(C)=N. The van der Waals surface area contributed by atoms with Crippen LogP contribution >= 0.6 is 0 Å². The van der Waals surface area contributed by atoms with Gasteiger partial charge in [-0.3, -0.25) is 0 Å². The second-order valence-corrected chi connectivity index (χ2v) is 3.71. The highest BCUT2D eigenvalue weighted by atomic mass is 14.9. The molecule has 0 unspecified atom stereocenters. The zero-order valence-electron chi connectivity index (χ0n) is 9.09. The highest BCUT2D eigenvalue weighted by molar-refractivity contribution is 5.84. The Hall–Kier alpha value is -1.15. The van der Waals surface area contributed by atoms with E-state index in [1.54, 1.807) is 0 Å². The Morgan fingerprint density at radius 1 is 1.36 bits per heavy atom. The third-order valence-corrected chi connectivity index (χ3v) is 2.43. The molecular weight excluding hydrogens is 172 g/mol. The Labute approximate surface area is 85.9 Å². The van der Waals surface area contributed by atoms with Crippen LogP contribution in [0.4, 0.5) is 0 Å². The van der Waals surface area contributed by atoms with E-state index in [9.17, 15) is 0 Å². The normalized spacial score (nSPS) is 12.5. The van der Waals surface area contributed by atoms with Gasteiger partial charge in [-0.25, -0.2) is 0 Å². The van der Waals surface area contributed by atoms with Gasteiger partial charge in [0.25, 0.3) is 0 Å². The molecule has 0 aliphatic heterocycles. The number of benzene rings is 1. The summed E-state index contributed by atoms with van der Waals surface area (Å²) in [5.41, 5.74) is 3.25. The molecule has 0 spiro atoms. The van der Waals surface area contributed by atoms with Gasteiger partial charge >= 0.3 is 0 Å². The van der Waals surface area contributed by atoms with Crippen molar-refractivity contribution in [2.24, 2.45) is 0 Å². The minimum Gasteiger partial charge on any atom is -0.312 e. The Balaban J connectivity index is 2.67. The minimum atomic E-state index is 0.165. The maximum Gasteiger partial charge on any atom is 0.0483 e. The third-order valence-electron chi connectivity index (χ3n) is 2.43. The van der Waals surface area contributed by atoms with Gasteiger partial charge in [-0.15, -0.1) is 0 Å². The van der Waals surface area contributed by atoms with E-state index >= 15 is 0 Å². The van der Waals surface area contributed by atoms with Crippen LogP contribution in [0.5, 0.6) is 0 Å². The van der Waals surface area contributed by atoms with Gasteiger partial charge in [0.2, 0.25) is 0 Å². The van der Waals surface area contributed by atoms with Crippen LogP contribution < -0.4 is 5.32 Å². The van der Waals surface area contributed by atoms with E-state index in [4.69, 9.17) is 5.41 Å². The summed E-state index contributed by atoms with van der Waals surface area (Å²) in [6, 6.07) is 8.64. The van der Waals surface area contributed by atoms with E-state index in [1.165, 1.54) is 11.1 Å². The van der Waals surface area contributed by atoms with E-state index < -0.39 is 0 Å². The molecule has 0 fully saturated rings. The van der Waals surface area contributed by atoms with Crippen molar-refractivity contribution in [3.63, 3.8) is 0 Å². The number of rotatable bonds is 4. The molecule has 1 aromatic carbocycles. The van der Waals surface area contributed by atoms with E-state index in [-0.39, 0.29) is 6.04 Å². The molecule has 2 heteroatoms. The van der Waals surface area contributed by atoms with Crippen LogP contribution in [0.25, 0.3) is 0 Å². The van der Waals surface area contributed by atoms with Crippen LogP contribution in [0.3, 0.4) is 0 Å². The molecule has 0 amide bonds. The molecule has 0 aromatic heterocycles. The van der Waals surface area contributed by atoms with Gasteiger partial charge in [-0.05, 0) is 32.9 Å². The molecule has 0 aliphatic rings. The fourth-order valence-corrected chi connectivity index (χ4v) is 1.43. The third kappa shape index (κ3) is 2.96. The van der Waals surface area contributed by atoms with Gasteiger partial charge in [0.15, 0.2) is 0 Å². The van der Waals surface area contributed by atoms with E-state index in [1.807, 2.05) is 14.0 Å². The fourth-order valence-electron chi connectivity index (χ4n) is 1.43. The molecule has 2 N–H and O–H groups in total. The second kappa shape index (κ2) is 4.91. The Kier molecular flexibility index (Phi) is 3.84. The topological polar surface area (TPSA) is 35.9 Å². The van der Waals surface area contributed by atoms with Gasteiger partial charge in [-0.2, -0.15) is 0 Å². The maximum absolute atomic E-state index is 7.58. The molecule has 0 saturated heterocycles. The summed E-state index contributed by atoms with van der Waals surface area (Å²) >= 11 is 0. The summed E-state index contributed by atoms with van der Waals surface area (Å²) in [5.74, 6) is 0. The molecule has 1 aromatic rings. The van der Waals surface area contributed by atoms with Crippen molar-refractivity contribution in [1.82, 2.24) is 5.32 Å². The minimum absolute atomic E-state index is 0.165. The molecule has 14 heavy (non-hydrogen) atoms. The first-order chi connectivity index (χ1) is 6.63. The van der Waals surface area contributed by atoms with Crippen molar-refractivity contribution >= 4 is 5.71 Å². The Morgan fingerprint density at radius 3 is 2.36 bits per heavy atom. The number of hydrogen-bond acceptors (Lipinski definition) is 2. The fraction of sp³-hybridized carbons (Fsp3) is 0.417. The van der Waals surface area contributed by atoms with Gasteiger partial charge in [0.05, 0.1) is 0 Å². The molecular formula is C12H18N2. The first-order valence-corrected chi connectivity index (χ1v) is 4.91. The van der Waals surface area contributed by atoms with Gasteiger partial charge in [0.1, 0.15) is 0 Å². The van der Waals surface area contributed by atoms with Crippen LogP contribution in [-0.4, -0.2) is 18.8 Å². The van der Waals surface area contributed by atoms with Crippen molar-refractivity contribution in [3.05, 3.63) is 35.4 Å². The molecule has 1 atom stereocenters. The molecule has 0 saturated carbocycles. The number of hydrogen-bond donors (Lipinski definition) is 2. The van der Waals surface area contributed by atoms with E-state index in [0.717, 1.165) is 6.42 Å². The van der Waals surface area contributed by atoms with Crippen LogP contribution in [-0.2, 0) is 6.42 Å². The number of aryl methyl sites for hydroxylation is 1. The van der Waals surface area contributed by atoms with Crippen molar-refractivity contribution < 1.29 is 0 Å². The Bertz CT molecular complexity index is 301. The summed E-state index contributed by atoms with van der Waals surface area (Å²) in [4.78, 5) is 0. The average Bonchev–Trinajstić information content (AvgIpc) is 2.16. The van der Waals surface area contributed by atoms with Crippen molar-refractivity contribution in [3.8, 4) is 0 Å². The highest BCUT2D eigenvalue weighted by Crippen LogP contribution is 2.06. The summed E-state index contributed by atoms with van der Waals surface area (Å²) in [6.07, 6.45) is 0.895. The summed E-state index contributed by atoms with van der Waals surface area (Å²) in [6.45, 7) is 3.93. The predicted octanol–water partition coefficient (Wildman–Crippen LogP) is 2.17. The summed E-state index contributed by atoms with van der Waals surface area (Å²) < 4.78 is 0. The largest absolute Gasteiger partial charge is 0.312 e. The van der Waals surface area contributed by atoms with Crippen LogP contribution in [0.2, 0.25) is 0 Å².